The number of hydrogen-bond acceptors (Lipinski definition) is 1. The molecule has 0 heterocycles. The third-order valence-electron chi connectivity index (χ3n) is 1.26. The molecule has 2 heteroatoms. The van der Waals surface area contributed by atoms with E-state index in [-0.39, 0.29) is 0 Å². The maximum absolute atomic E-state index is 10.6. The van der Waals surface area contributed by atoms with Crippen LogP contribution in [0.15, 0.2) is 0 Å². The van der Waals surface area contributed by atoms with E-state index >= 15 is 0 Å². The van der Waals surface area contributed by atoms with Crippen LogP contribution < -0.4 is 0 Å². The Morgan fingerprint density at radius 2 is 2.12 bits per heavy atom. The molecule has 50 valence electrons. The van der Waals surface area contributed by atoms with E-state index in [4.69, 9.17) is 0 Å². The third-order valence-corrected chi connectivity index (χ3v) is 2.63. The molecule has 0 bridgehead atoms. The quantitative estimate of drug-likeness (QED) is 0.572. The van der Waals surface area contributed by atoms with Crippen LogP contribution in [0.4, 0.5) is 0 Å². The Morgan fingerprint density at radius 1 is 1.62 bits per heavy atom. The van der Waals surface area contributed by atoms with Gasteiger partial charge in [0.05, 0.1) is 0 Å². The largest absolute Gasteiger partial charge is 0.260 e. The van der Waals surface area contributed by atoms with Crippen LogP contribution in [-0.2, 0) is 10.8 Å². The summed E-state index contributed by atoms with van der Waals surface area (Å²) in [5.41, 5.74) is 0. The molecule has 0 rings (SSSR count). The Kier molecular flexibility index (Phi) is 4.15. The number of hydrogen-bond donors (Lipinski definition) is 0. The summed E-state index contributed by atoms with van der Waals surface area (Å²) in [6.45, 7) is 4.14. The molecule has 0 N–H and O–H groups in total. The van der Waals surface area contributed by atoms with Crippen LogP contribution in [-0.4, -0.2) is 15.7 Å². The molecule has 2 atom stereocenters. The average molecular weight is 134 g/mol. The Hall–Kier alpha value is 0.150. The lowest BCUT2D eigenvalue weighted by Gasteiger charge is -2.03. The van der Waals surface area contributed by atoms with Gasteiger partial charge in [-0.3, -0.25) is 4.21 Å². The Bertz CT molecular complexity index is 80.6. The molecule has 0 saturated heterocycles. The molecule has 1 nitrogen and oxygen atoms in total. The van der Waals surface area contributed by atoms with Gasteiger partial charge in [0.15, 0.2) is 0 Å². The van der Waals surface area contributed by atoms with Gasteiger partial charge < -0.3 is 0 Å². The van der Waals surface area contributed by atoms with Crippen molar-refractivity contribution in [1.82, 2.24) is 0 Å². The minimum Gasteiger partial charge on any atom is -0.260 e. The second kappa shape index (κ2) is 4.07. The molecular formula is C6H14OS. The second-order valence-electron chi connectivity index (χ2n) is 2.10. The zero-order valence-electron chi connectivity index (χ0n) is 5.81. The zero-order valence-corrected chi connectivity index (χ0v) is 6.62. The summed E-state index contributed by atoms with van der Waals surface area (Å²) in [6, 6.07) is 0. The summed E-state index contributed by atoms with van der Waals surface area (Å²) in [5.74, 6) is 0. The molecule has 0 aromatic rings. The fourth-order valence-corrected chi connectivity index (χ4v) is 1.14. The summed E-state index contributed by atoms with van der Waals surface area (Å²) < 4.78 is 10.6. The summed E-state index contributed by atoms with van der Waals surface area (Å²) in [4.78, 5) is 0. The van der Waals surface area contributed by atoms with Crippen molar-refractivity contribution in [3.63, 3.8) is 0 Å². The van der Waals surface area contributed by atoms with Crippen molar-refractivity contribution in [3.05, 3.63) is 0 Å². The zero-order chi connectivity index (χ0) is 6.57. The van der Waals surface area contributed by atoms with E-state index in [1.54, 1.807) is 6.26 Å². The molecule has 2 unspecified atom stereocenters. The first-order chi connectivity index (χ1) is 3.68. The van der Waals surface area contributed by atoms with E-state index < -0.39 is 10.8 Å². The van der Waals surface area contributed by atoms with Gasteiger partial charge in [-0.2, -0.15) is 0 Å². The van der Waals surface area contributed by atoms with Crippen molar-refractivity contribution < 1.29 is 4.21 Å². The maximum Gasteiger partial charge on any atom is 0.0316 e. The fourth-order valence-electron chi connectivity index (χ4n) is 0.572. The summed E-state index contributed by atoms with van der Waals surface area (Å²) >= 11 is 0. The van der Waals surface area contributed by atoms with Crippen molar-refractivity contribution in [2.75, 3.05) is 6.26 Å². The summed E-state index contributed by atoms with van der Waals surface area (Å²) in [6.07, 6.45) is 3.99. The van der Waals surface area contributed by atoms with Gasteiger partial charge in [0.25, 0.3) is 0 Å². The van der Waals surface area contributed by atoms with Crippen LogP contribution in [0.5, 0.6) is 0 Å². The fraction of sp³-hybridized carbons (Fsp3) is 1.00. The van der Waals surface area contributed by atoms with Crippen molar-refractivity contribution in [2.24, 2.45) is 0 Å². The van der Waals surface area contributed by atoms with E-state index in [9.17, 15) is 4.21 Å². The van der Waals surface area contributed by atoms with Gasteiger partial charge in [0.1, 0.15) is 0 Å². The molecule has 8 heavy (non-hydrogen) atoms. The lowest BCUT2D eigenvalue weighted by atomic mass is 10.3. The maximum atomic E-state index is 10.6. The highest BCUT2D eigenvalue weighted by atomic mass is 32.2. The van der Waals surface area contributed by atoms with E-state index in [1.165, 1.54) is 0 Å². The van der Waals surface area contributed by atoms with Gasteiger partial charge in [-0.25, -0.2) is 0 Å². The molecule has 0 fully saturated rings. The van der Waals surface area contributed by atoms with E-state index in [0.717, 1.165) is 12.8 Å². The lowest BCUT2D eigenvalue weighted by Crippen LogP contribution is -2.07. The monoisotopic (exact) mass is 134 g/mol. The normalized spacial score (nSPS) is 17.9. The van der Waals surface area contributed by atoms with E-state index in [2.05, 4.69) is 6.92 Å². The van der Waals surface area contributed by atoms with Crippen LogP contribution in [0.2, 0.25) is 0 Å². The van der Waals surface area contributed by atoms with E-state index in [0.29, 0.717) is 5.25 Å². The Balaban J connectivity index is 3.32. The van der Waals surface area contributed by atoms with Crippen molar-refractivity contribution in [2.45, 2.75) is 31.9 Å². The predicted molar refractivity (Wildman–Crippen MR) is 38.4 cm³/mol. The van der Waals surface area contributed by atoms with E-state index in [1.807, 2.05) is 6.92 Å². The van der Waals surface area contributed by atoms with Crippen LogP contribution in [0, 0.1) is 0 Å². The first kappa shape index (κ1) is 8.15. The molecule has 0 aliphatic carbocycles. The van der Waals surface area contributed by atoms with Gasteiger partial charge in [0, 0.05) is 22.3 Å². The minimum absolute atomic E-state index is 0.389. The van der Waals surface area contributed by atoms with Gasteiger partial charge in [0.2, 0.25) is 0 Å². The predicted octanol–water partition coefficient (Wildman–Crippen LogP) is 1.55. The topological polar surface area (TPSA) is 17.1 Å². The van der Waals surface area contributed by atoms with Gasteiger partial charge in [-0.05, 0) is 6.42 Å². The standard InChI is InChI=1S/C6H14OS/c1-4-5-6(2)8(3)7/h6H,4-5H2,1-3H3. The summed E-state index contributed by atoms with van der Waals surface area (Å²) in [7, 11) is -0.610. The highest BCUT2D eigenvalue weighted by Crippen LogP contribution is 2.00. The Labute approximate surface area is 53.9 Å². The average Bonchev–Trinajstić information content (AvgIpc) is 1.67. The van der Waals surface area contributed by atoms with Crippen LogP contribution in [0.1, 0.15) is 26.7 Å². The SMILES string of the molecule is CCCC(C)S(C)=O. The second-order valence-corrected chi connectivity index (χ2v) is 3.90. The van der Waals surface area contributed by atoms with Gasteiger partial charge in [-0.15, -0.1) is 0 Å². The van der Waals surface area contributed by atoms with Crippen molar-refractivity contribution >= 4 is 10.8 Å². The first-order valence-corrected chi connectivity index (χ1v) is 4.62. The van der Waals surface area contributed by atoms with Gasteiger partial charge >= 0.3 is 0 Å². The van der Waals surface area contributed by atoms with Crippen LogP contribution in [0.25, 0.3) is 0 Å². The molecule has 0 radical (unpaired) electrons. The molecular weight excluding hydrogens is 120 g/mol. The highest BCUT2D eigenvalue weighted by molar-refractivity contribution is 7.84. The third kappa shape index (κ3) is 3.19. The van der Waals surface area contributed by atoms with Crippen LogP contribution in [0.3, 0.4) is 0 Å². The minimum atomic E-state index is -0.610. The van der Waals surface area contributed by atoms with Gasteiger partial charge in [-0.1, -0.05) is 20.3 Å². The van der Waals surface area contributed by atoms with Crippen molar-refractivity contribution in [1.29, 1.82) is 0 Å². The smallest absolute Gasteiger partial charge is 0.0316 e. The molecule has 0 aliphatic rings. The molecule has 0 aliphatic heterocycles. The van der Waals surface area contributed by atoms with Crippen molar-refractivity contribution in [3.8, 4) is 0 Å². The van der Waals surface area contributed by atoms with Crippen LogP contribution >= 0.6 is 0 Å². The number of rotatable bonds is 3. The Morgan fingerprint density at radius 3 is 2.25 bits per heavy atom. The summed E-state index contributed by atoms with van der Waals surface area (Å²) in [5, 5.41) is 0.389. The first-order valence-electron chi connectivity index (χ1n) is 3.00. The molecule has 0 aromatic carbocycles. The lowest BCUT2D eigenvalue weighted by molar-refractivity contribution is 0.666. The molecule has 0 saturated carbocycles. The molecule has 0 aromatic heterocycles. The molecule has 0 amide bonds. The molecule has 0 spiro atoms. The highest BCUT2D eigenvalue weighted by Gasteiger charge is 2.01.